The van der Waals surface area contributed by atoms with E-state index in [0.29, 0.717) is 30.7 Å². The number of nitrogens with two attached hydrogens (primary N) is 1. The van der Waals surface area contributed by atoms with E-state index < -0.39 is 17.9 Å². The van der Waals surface area contributed by atoms with E-state index in [-0.39, 0.29) is 0 Å². The van der Waals surface area contributed by atoms with Gasteiger partial charge in [0.1, 0.15) is 6.04 Å². The number of carboxylic acids is 1. The summed E-state index contributed by atoms with van der Waals surface area (Å²) < 4.78 is 4.87. The van der Waals surface area contributed by atoms with Gasteiger partial charge >= 0.3 is 5.97 Å². The second-order valence-electron chi connectivity index (χ2n) is 4.57. The molecule has 1 amide bonds. The van der Waals surface area contributed by atoms with Crippen LogP contribution >= 0.6 is 0 Å². The molecule has 0 heterocycles. The topological polar surface area (TPSA) is 102 Å². The summed E-state index contributed by atoms with van der Waals surface area (Å²) >= 11 is 0. The van der Waals surface area contributed by atoms with Crippen LogP contribution < -0.4 is 11.1 Å². The van der Waals surface area contributed by atoms with Crippen molar-refractivity contribution in [2.45, 2.75) is 25.8 Å². The molecule has 0 fully saturated rings. The fraction of sp³-hybridized carbons (Fsp3) is 0.429. The molecule has 0 bridgehead atoms. The average Bonchev–Trinajstić information content (AvgIpc) is 2.40. The highest BCUT2D eigenvalue weighted by Crippen LogP contribution is 2.13. The summed E-state index contributed by atoms with van der Waals surface area (Å²) in [5.41, 5.74) is 7.45. The molecule has 0 saturated heterocycles. The second-order valence-corrected chi connectivity index (χ2v) is 4.57. The molecule has 1 aromatic carbocycles. The predicted molar refractivity (Wildman–Crippen MR) is 75.6 cm³/mol. The number of hydrogen-bond acceptors (Lipinski definition) is 4. The Morgan fingerprint density at radius 1 is 1.45 bits per heavy atom. The SMILES string of the molecule is COCCCC(NC(=O)c1ccc(N)c(C)c1)C(=O)O. The number of carbonyl (C=O) groups is 2. The van der Waals surface area contributed by atoms with Crippen molar-refractivity contribution >= 4 is 17.6 Å². The Bertz CT molecular complexity index is 488. The Morgan fingerprint density at radius 2 is 2.15 bits per heavy atom. The summed E-state index contributed by atoms with van der Waals surface area (Å²) in [5.74, 6) is -1.47. The highest BCUT2D eigenvalue weighted by molar-refractivity contribution is 5.97. The maximum Gasteiger partial charge on any atom is 0.326 e. The molecule has 0 aromatic heterocycles. The molecule has 0 saturated carbocycles. The zero-order valence-electron chi connectivity index (χ0n) is 11.7. The van der Waals surface area contributed by atoms with E-state index >= 15 is 0 Å². The zero-order valence-corrected chi connectivity index (χ0v) is 11.7. The average molecular weight is 280 g/mol. The van der Waals surface area contributed by atoms with Crippen molar-refractivity contribution in [3.63, 3.8) is 0 Å². The molecule has 0 aliphatic heterocycles. The van der Waals surface area contributed by atoms with Crippen LogP contribution in [0, 0.1) is 6.92 Å². The molecular formula is C14H20N2O4. The maximum absolute atomic E-state index is 12.0. The number of anilines is 1. The summed E-state index contributed by atoms with van der Waals surface area (Å²) in [4.78, 5) is 23.1. The first kappa shape index (κ1) is 16.0. The van der Waals surface area contributed by atoms with Crippen LogP contribution in [0.25, 0.3) is 0 Å². The number of aryl methyl sites for hydroxylation is 1. The number of carbonyl (C=O) groups excluding carboxylic acids is 1. The number of aliphatic carboxylic acids is 1. The Kier molecular flexibility index (Phi) is 5.99. The Labute approximate surface area is 117 Å². The van der Waals surface area contributed by atoms with Crippen LogP contribution in [0.2, 0.25) is 0 Å². The molecule has 4 N–H and O–H groups in total. The van der Waals surface area contributed by atoms with E-state index in [9.17, 15) is 9.59 Å². The van der Waals surface area contributed by atoms with Gasteiger partial charge in [-0.25, -0.2) is 4.79 Å². The van der Waals surface area contributed by atoms with Gasteiger partial charge in [-0.3, -0.25) is 4.79 Å². The molecule has 0 spiro atoms. The van der Waals surface area contributed by atoms with Gasteiger partial charge in [0.25, 0.3) is 5.91 Å². The van der Waals surface area contributed by atoms with E-state index in [0.717, 1.165) is 5.56 Å². The standard InChI is InChI=1S/C14H20N2O4/c1-9-8-10(5-6-11(9)15)13(17)16-12(14(18)19)4-3-7-20-2/h5-6,8,12H,3-4,7,15H2,1-2H3,(H,16,17)(H,18,19). The lowest BCUT2D eigenvalue weighted by molar-refractivity contribution is -0.139. The largest absolute Gasteiger partial charge is 0.480 e. The van der Waals surface area contributed by atoms with Gasteiger partial charge in [0, 0.05) is 25.0 Å². The summed E-state index contributed by atoms with van der Waals surface area (Å²) in [7, 11) is 1.55. The van der Waals surface area contributed by atoms with Gasteiger partial charge in [-0.15, -0.1) is 0 Å². The van der Waals surface area contributed by atoms with E-state index in [1.807, 2.05) is 0 Å². The molecule has 20 heavy (non-hydrogen) atoms. The van der Waals surface area contributed by atoms with E-state index in [2.05, 4.69) is 5.32 Å². The zero-order chi connectivity index (χ0) is 15.1. The van der Waals surface area contributed by atoms with Crippen molar-refractivity contribution in [2.24, 2.45) is 0 Å². The quantitative estimate of drug-likeness (QED) is 0.514. The van der Waals surface area contributed by atoms with E-state index in [1.54, 1.807) is 32.2 Å². The number of benzene rings is 1. The number of hydrogen-bond donors (Lipinski definition) is 3. The van der Waals surface area contributed by atoms with E-state index in [4.69, 9.17) is 15.6 Å². The molecule has 1 rings (SSSR count). The van der Waals surface area contributed by atoms with Crippen molar-refractivity contribution in [1.82, 2.24) is 5.32 Å². The van der Waals surface area contributed by atoms with Crippen LogP contribution in [-0.4, -0.2) is 36.7 Å². The van der Waals surface area contributed by atoms with Crippen LogP contribution in [0.5, 0.6) is 0 Å². The lowest BCUT2D eigenvalue weighted by Gasteiger charge is -2.14. The summed E-state index contributed by atoms with van der Waals surface area (Å²) in [6.45, 7) is 2.25. The Balaban J connectivity index is 2.69. The Hall–Kier alpha value is -2.08. The number of nitrogens with one attached hydrogen (secondary N) is 1. The minimum Gasteiger partial charge on any atom is -0.480 e. The second kappa shape index (κ2) is 7.49. The van der Waals surface area contributed by atoms with Crippen molar-refractivity contribution in [1.29, 1.82) is 0 Å². The molecule has 1 atom stereocenters. The van der Waals surface area contributed by atoms with Crippen molar-refractivity contribution < 1.29 is 19.4 Å². The van der Waals surface area contributed by atoms with Crippen LogP contribution in [0.1, 0.15) is 28.8 Å². The normalized spacial score (nSPS) is 11.9. The third kappa shape index (κ3) is 4.55. The highest BCUT2D eigenvalue weighted by atomic mass is 16.5. The number of nitrogen functional groups attached to an aromatic ring is 1. The monoisotopic (exact) mass is 280 g/mol. The minimum absolute atomic E-state index is 0.322. The van der Waals surface area contributed by atoms with Crippen LogP contribution in [-0.2, 0) is 9.53 Å². The lowest BCUT2D eigenvalue weighted by Crippen LogP contribution is -2.40. The molecule has 0 aliphatic carbocycles. The fourth-order valence-electron chi connectivity index (χ4n) is 1.75. The number of rotatable bonds is 7. The molecule has 6 heteroatoms. The van der Waals surface area contributed by atoms with Gasteiger partial charge in [0.05, 0.1) is 0 Å². The third-order valence-corrected chi connectivity index (χ3v) is 2.98. The lowest BCUT2D eigenvalue weighted by atomic mass is 10.1. The van der Waals surface area contributed by atoms with Crippen molar-refractivity contribution in [3.05, 3.63) is 29.3 Å². The van der Waals surface area contributed by atoms with Crippen LogP contribution in [0.4, 0.5) is 5.69 Å². The highest BCUT2D eigenvalue weighted by Gasteiger charge is 2.20. The van der Waals surface area contributed by atoms with E-state index in [1.165, 1.54) is 0 Å². The van der Waals surface area contributed by atoms with Gasteiger partial charge in [-0.05, 0) is 43.5 Å². The van der Waals surface area contributed by atoms with Gasteiger partial charge < -0.3 is 20.9 Å². The number of amides is 1. The smallest absolute Gasteiger partial charge is 0.326 e. The number of carboxylic acid groups (broad SMARTS) is 1. The van der Waals surface area contributed by atoms with Crippen LogP contribution in [0.3, 0.4) is 0 Å². The fourth-order valence-corrected chi connectivity index (χ4v) is 1.75. The number of ether oxygens (including phenoxy) is 1. The van der Waals surface area contributed by atoms with Gasteiger partial charge in [0.2, 0.25) is 0 Å². The molecule has 0 radical (unpaired) electrons. The molecule has 1 unspecified atom stereocenters. The summed E-state index contributed by atoms with van der Waals surface area (Å²) in [6.07, 6.45) is 0.886. The first-order valence-corrected chi connectivity index (χ1v) is 6.34. The van der Waals surface area contributed by atoms with Crippen LogP contribution in [0.15, 0.2) is 18.2 Å². The molecule has 0 aliphatic rings. The van der Waals surface area contributed by atoms with Gasteiger partial charge in [-0.1, -0.05) is 0 Å². The minimum atomic E-state index is -1.05. The molecule has 110 valence electrons. The van der Waals surface area contributed by atoms with Crippen molar-refractivity contribution in [3.8, 4) is 0 Å². The summed E-state index contributed by atoms with van der Waals surface area (Å²) in [6, 6.07) is 3.92. The third-order valence-electron chi connectivity index (χ3n) is 2.98. The molecular weight excluding hydrogens is 260 g/mol. The Morgan fingerprint density at radius 3 is 2.70 bits per heavy atom. The predicted octanol–water partition coefficient (Wildman–Crippen LogP) is 1.19. The first-order chi connectivity index (χ1) is 9.45. The number of methoxy groups -OCH3 is 1. The summed E-state index contributed by atoms with van der Waals surface area (Å²) in [5, 5.41) is 11.6. The molecule has 6 nitrogen and oxygen atoms in total. The first-order valence-electron chi connectivity index (χ1n) is 6.34. The maximum atomic E-state index is 12.0. The van der Waals surface area contributed by atoms with Crippen molar-refractivity contribution in [2.75, 3.05) is 19.5 Å². The van der Waals surface area contributed by atoms with Gasteiger partial charge in [-0.2, -0.15) is 0 Å². The molecule has 1 aromatic rings. The van der Waals surface area contributed by atoms with Gasteiger partial charge in [0.15, 0.2) is 0 Å².